The zero-order valence-corrected chi connectivity index (χ0v) is 12.8. The zero-order valence-electron chi connectivity index (χ0n) is 12.0. The molecule has 1 aliphatic carbocycles. The average molecular weight is 307 g/mol. The molecule has 2 heterocycles. The number of ether oxygens (including phenoxy) is 1. The molecule has 1 aromatic rings. The van der Waals surface area contributed by atoms with Crippen LogP contribution >= 0.6 is 11.6 Å². The molecule has 21 heavy (non-hydrogen) atoms. The van der Waals surface area contributed by atoms with Gasteiger partial charge in [-0.1, -0.05) is 23.7 Å². The van der Waals surface area contributed by atoms with E-state index in [1.54, 1.807) is 0 Å². The molecule has 3 fully saturated rings. The van der Waals surface area contributed by atoms with Crippen molar-refractivity contribution in [2.75, 3.05) is 6.61 Å². The number of carbonyl (C=O) groups is 1. The summed E-state index contributed by atoms with van der Waals surface area (Å²) in [7, 11) is 0. The number of carbonyl (C=O) groups excluding carboxylic acids is 1. The molecule has 1 aromatic carbocycles. The van der Waals surface area contributed by atoms with Crippen LogP contribution < -0.4 is 5.32 Å². The highest BCUT2D eigenvalue weighted by Gasteiger charge is 2.61. The van der Waals surface area contributed by atoms with Crippen molar-refractivity contribution >= 4 is 17.5 Å². The van der Waals surface area contributed by atoms with E-state index in [9.17, 15) is 4.79 Å². The third-order valence-electron chi connectivity index (χ3n) is 4.96. The number of amides is 1. The predicted molar refractivity (Wildman–Crippen MR) is 80.0 cm³/mol. The maximum absolute atomic E-state index is 12.9. The lowest BCUT2D eigenvalue weighted by atomic mass is 10.1. The standard InChI is InChI=1S/C16H19ClN2O2/c1-10-13(6-9-21-10)19-14(11-2-4-12(17)5-3-11)18-16(7-8-16)15(19)20/h2-5,10,13-14,18H,6-9H2,1H3. The summed E-state index contributed by atoms with van der Waals surface area (Å²) in [5, 5.41) is 4.27. The first-order valence-corrected chi connectivity index (χ1v) is 7.96. The van der Waals surface area contributed by atoms with E-state index in [1.165, 1.54) is 0 Å². The van der Waals surface area contributed by atoms with Crippen LogP contribution in [0, 0.1) is 0 Å². The smallest absolute Gasteiger partial charge is 0.244 e. The Labute approximate surface area is 129 Å². The minimum atomic E-state index is -0.313. The Bertz CT molecular complexity index is 570. The summed E-state index contributed by atoms with van der Waals surface area (Å²) in [6, 6.07) is 7.93. The van der Waals surface area contributed by atoms with Gasteiger partial charge in [0.1, 0.15) is 11.7 Å². The maximum Gasteiger partial charge on any atom is 0.244 e. The van der Waals surface area contributed by atoms with Gasteiger partial charge < -0.3 is 9.64 Å². The van der Waals surface area contributed by atoms with Gasteiger partial charge >= 0.3 is 0 Å². The van der Waals surface area contributed by atoms with Gasteiger partial charge in [0.25, 0.3) is 0 Å². The highest BCUT2D eigenvalue weighted by atomic mass is 35.5. The molecule has 3 unspecified atom stereocenters. The molecule has 5 heteroatoms. The summed E-state index contributed by atoms with van der Waals surface area (Å²) < 4.78 is 5.68. The minimum Gasteiger partial charge on any atom is -0.376 e. The lowest BCUT2D eigenvalue weighted by molar-refractivity contribution is -0.134. The summed E-state index contributed by atoms with van der Waals surface area (Å²) in [6.45, 7) is 2.79. The lowest BCUT2D eigenvalue weighted by Crippen LogP contribution is -2.44. The molecule has 0 radical (unpaired) electrons. The number of nitrogens with zero attached hydrogens (tertiary/aromatic N) is 1. The van der Waals surface area contributed by atoms with Gasteiger partial charge in [-0.05, 0) is 43.9 Å². The van der Waals surface area contributed by atoms with E-state index >= 15 is 0 Å². The molecule has 1 spiro atoms. The van der Waals surface area contributed by atoms with Gasteiger partial charge in [-0.3, -0.25) is 10.1 Å². The molecule has 0 bridgehead atoms. The summed E-state index contributed by atoms with van der Waals surface area (Å²) in [5.41, 5.74) is 0.780. The Morgan fingerprint density at radius 3 is 2.62 bits per heavy atom. The molecule has 2 aliphatic heterocycles. The Hall–Kier alpha value is -1.10. The first-order chi connectivity index (χ1) is 10.1. The van der Waals surface area contributed by atoms with Crippen LogP contribution in [0.15, 0.2) is 24.3 Å². The number of halogens is 1. The molecule has 4 rings (SSSR count). The highest BCUT2D eigenvalue weighted by molar-refractivity contribution is 6.30. The normalized spacial score (nSPS) is 33.9. The fraction of sp³-hybridized carbons (Fsp3) is 0.562. The van der Waals surface area contributed by atoms with E-state index in [0.29, 0.717) is 5.02 Å². The second-order valence-electron chi connectivity index (χ2n) is 6.32. The van der Waals surface area contributed by atoms with Gasteiger partial charge in [-0.15, -0.1) is 0 Å². The van der Waals surface area contributed by atoms with Gasteiger partial charge in [-0.25, -0.2) is 0 Å². The molecule has 3 aliphatic rings. The SMILES string of the molecule is CC1OCCC1N1C(=O)C2(CC2)NC1c1ccc(Cl)cc1. The maximum atomic E-state index is 12.9. The van der Waals surface area contributed by atoms with E-state index in [0.717, 1.165) is 31.4 Å². The Balaban J connectivity index is 1.70. The van der Waals surface area contributed by atoms with Gasteiger partial charge in [-0.2, -0.15) is 0 Å². The van der Waals surface area contributed by atoms with Crippen LogP contribution in [0.5, 0.6) is 0 Å². The second-order valence-corrected chi connectivity index (χ2v) is 6.76. The van der Waals surface area contributed by atoms with Crippen molar-refractivity contribution < 1.29 is 9.53 Å². The van der Waals surface area contributed by atoms with Gasteiger partial charge in [0, 0.05) is 11.6 Å². The third kappa shape index (κ3) is 2.08. The number of hydrogen-bond acceptors (Lipinski definition) is 3. The lowest BCUT2D eigenvalue weighted by Gasteiger charge is -2.32. The van der Waals surface area contributed by atoms with Gasteiger partial charge in [0.2, 0.25) is 5.91 Å². The van der Waals surface area contributed by atoms with E-state index in [1.807, 2.05) is 29.2 Å². The summed E-state index contributed by atoms with van der Waals surface area (Å²) in [6.07, 6.45) is 2.82. The molecule has 112 valence electrons. The van der Waals surface area contributed by atoms with E-state index < -0.39 is 0 Å². The number of rotatable bonds is 2. The molecule has 3 atom stereocenters. The number of hydrogen-bond donors (Lipinski definition) is 1. The first kappa shape index (κ1) is 13.6. The fourth-order valence-electron chi connectivity index (χ4n) is 3.56. The van der Waals surface area contributed by atoms with E-state index in [4.69, 9.17) is 16.3 Å². The second kappa shape index (κ2) is 4.70. The topological polar surface area (TPSA) is 41.6 Å². The van der Waals surface area contributed by atoms with Crippen molar-refractivity contribution in [1.29, 1.82) is 0 Å². The summed E-state index contributed by atoms with van der Waals surface area (Å²) >= 11 is 5.98. The van der Waals surface area contributed by atoms with Crippen LogP contribution in [0.3, 0.4) is 0 Å². The summed E-state index contributed by atoms with van der Waals surface area (Å²) in [4.78, 5) is 14.9. The predicted octanol–water partition coefficient (Wildman–Crippen LogP) is 2.48. The largest absolute Gasteiger partial charge is 0.376 e. The van der Waals surface area contributed by atoms with Crippen molar-refractivity contribution in [3.63, 3.8) is 0 Å². The first-order valence-electron chi connectivity index (χ1n) is 7.58. The average Bonchev–Trinajstić information content (AvgIpc) is 3.06. The van der Waals surface area contributed by atoms with Gasteiger partial charge in [0.15, 0.2) is 0 Å². The molecule has 4 nitrogen and oxygen atoms in total. The van der Waals surface area contributed by atoms with Crippen molar-refractivity contribution in [3.05, 3.63) is 34.9 Å². The monoisotopic (exact) mass is 306 g/mol. The van der Waals surface area contributed by atoms with E-state index in [2.05, 4.69) is 12.2 Å². The Morgan fingerprint density at radius 2 is 2.05 bits per heavy atom. The molecule has 0 aromatic heterocycles. The molecule has 2 saturated heterocycles. The zero-order chi connectivity index (χ0) is 14.6. The Morgan fingerprint density at radius 1 is 1.33 bits per heavy atom. The van der Waals surface area contributed by atoms with E-state index in [-0.39, 0.29) is 29.8 Å². The molecule has 1 amide bonds. The fourth-order valence-corrected chi connectivity index (χ4v) is 3.68. The van der Waals surface area contributed by atoms with Crippen LogP contribution in [-0.2, 0) is 9.53 Å². The van der Waals surface area contributed by atoms with Crippen molar-refractivity contribution in [3.8, 4) is 0 Å². The van der Waals surface area contributed by atoms with Crippen LogP contribution in [0.4, 0.5) is 0 Å². The Kier molecular flexibility index (Phi) is 3.03. The minimum absolute atomic E-state index is 0.0635. The van der Waals surface area contributed by atoms with Crippen LogP contribution in [-0.4, -0.2) is 35.1 Å². The third-order valence-corrected chi connectivity index (χ3v) is 5.22. The summed E-state index contributed by atoms with van der Waals surface area (Å²) in [5.74, 6) is 0.241. The quantitative estimate of drug-likeness (QED) is 0.912. The van der Waals surface area contributed by atoms with Crippen LogP contribution in [0.25, 0.3) is 0 Å². The van der Waals surface area contributed by atoms with Gasteiger partial charge in [0.05, 0.1) is 12.1 Å². The van der Waals surface area contributed by atoms with Crippen molar-refractivity contribution in [1.82, 2.24) is 10.2 Å². The van der Waals surface area contributed by atoms with Crippen LogP contribution in [0.1, 0.15) is 37.9 Å². The number of nitrogens with one attached hydrogen (secondary N) is 1. The number of benzene rings is 1. The molecular formula is C16H19ClN2O2. The highest BCUT2D eigenvalue weighted by Crippen LogP contribution is 2.48. The molecule has 1 N–H and O–H groups in total. The van der Waals surface area contributed by atoms with Crippen molar-refractivity contribution in [2.24, 2.45) is 0 Å². The van der Waals surface area contributed by atoms with Crippen molar-refractivity contribution in [2.45, 2.75) is 50.0 Å². The molecule has 1 saturated carbocycles. The van der Waals surface area contributed by atoms with Crippen LogP contribution in [0.2, 0.25) is 5.02 Å². The molecular weight excluding hydrogens is 288 g/mol.